The molecular formula is C19H16KNO3. The zero-order valence-electron chi connectivity index (χ0n) is 13.9. The summed E-state index contributed by atoms with van der Waals surface area (Å²) in [5.74, 6) is -0.0239. The van der Waals surface area contributed by atoms with Gasteiger partial charge in [0.15, 0.2) is 0 Å². The second-order valence-electron chi connectivity index (χ2n) is 5.33. The van der Waals surface area contributed by atoms with E-state index in [-0.39, 0.29) is 62.7 Å². The Bertz CT molecular complexity index is 893. The van der Waals surface area contributed by atoms with Gasteiger partial charge in [0.1, 0.15) is 5.75 Å². The molecule has 3 aromatic carbocycles. The van der Waals surface area contributed by atoms with Crippen LogP contribution in [0.25, 0.3) is 10.8 Å². The number of nitrogens with one attached hydrogen (secondary N) is 1. The number of hydrogen-bond acceptors (Lipinski definition) is 3. The molecule has 0 saturated carbocycles. The van der Waals surface area contributed by atoms with E-state index < -0.39 is 5.91 Å². The molecule has 0 heterocycles. The fourth-order valence-corrected chi connectivity index (χ4v) is 2.46. The van der Waals surface area contributed by atoms with Gasteiger partial charge in [0.05, 0.1) is 7.11 Å². The normalized spacial score (nSPS) is 10.1. The average Bonchev–Trinajstić information content (AvgIpc) is 2.55. The van der Waals surface area contributed by atoms with Crippen molar-refractivity contribution in [2.45, 2.75) is 6.92 Å². The molecule has 3 rings (SSSR count). The topological polar surface area (TPSA) is 61.4 Å². The summed E-state index contributed by atoms with van der Waals surface area (Å²) in [6.45, 7) is 1.90. The van der Waals surface area contributed by atoms with E-state index in [0.29, 0.717) is 11.4 Å². The fraction of sp³-hybridized carbons (Fsp3) is 0.105. The first kappa shape index (κ1) is 19.0. The summed E-state index contributed by atoms with van der Waals surface area (Å²) < 4.78 is 5.19. The molecule has 0 atom stereocenters. The van der Waals surface area contributed by atoms with Gasteiger partial charge in [-0.15, -0.1) is 0 Å². The van der Waals surface area contributed by atoms with E-state index in [0.717, 1.165) is 16.3 Å². The van der Waals surface area contributed by atoms with Crippen LogP contribution in [-0.2, 0) is 0 Å². The molecule has 24 heavy (non-hydrogen) atoms. The SMILES string of the molecule is COc1ccc2cc([O-])c(C(=O)Nc3ccccc3C)cc2c1.[K+]. The van der Waals surface area contributed by atoms with E-state index in [1.54, 1.807) is 31.4 Å². The Morgan fingerprint density at radius 3 is 2.50 bits per heavy atom. The van der Waals surface area contributed by atoms with Crippen LogP contribution in [0, 0.1) is 6.92 Å². The Balaban J connectivity index is 0.00000208. The Morgan fingerprint density at radius 1 is 1.04 bits per heavy atom. The van der Waals surface area contributed by atoms with Crippen molar-refractivity contribution in [2.24, 2.45) is 0 Å². The van der Waals surface area contributed by atoms with Crippen molar-refractivity contribution < 1.29 is 66.0 Å². The molecule has 4 nitrogen and oxygen atoms in total. The third-order valence-corrected chi connectivity index (χ3v) is 3.78. The molecule has 0 unspecified atom stereocenters. The molecule has 0 aliphatic rings. The van der Waals surface area contributed by atoms with Crippen LogP contribution in [0.4, 0.5) is 5.69 Å². The monoisotopic (exact) mass is 345 g/mol. The number of hydrogen-bond donors (Lipinski definition) is 1. The third kappa shape index (κ3) is 3.99. The van der Waals surface area contributed by atoms with Crippen LogP contribution < -0.4 is 66.5 Å². The number of carbonyl (C=O) groups is 1. The van der Waals surface area contributed by atoms with Crippen molar-refractivity contribution in [3.05, 3.63) is 65.7 Å². The van der Waals surface area contributed by atoms with Gasteiger partial charge in [0.2, 0.25) is 0 Å². The minimum absolute atomic E-state index is 0. The van der Waals surface area contributed by atoms with E-state index in [2.05, 4.69) is 5.32 Å². The molecule has 0 aliphatic heterocycles. The smallest absolute Gasteiger partial charge is 0.872 e. The van der Waals surface area contributed by atoms with Crippen LogP contribution >= 0.6 is 0 Å². The molecule has 0 aromatic heterocycles. The molecule has 1 amide bonds. The van der Waals surface area contributed by atoms with Crippen LogP contribution in [0.3, 0.4) is 0 Å². The van der Waals surface area contributed by atoms with Gasteiger partial charge in [-0.1, -0.05) is 36.1 Å². The maximum Gasteiger partial charge on any atom is 1.00 e. The Labute approximate surface area is 183 Å². The third-order valence-electron chi connectivity index (χ3n) is 3.78. The average molecular weight is 345 g/mol. The number of rotatable bonds is 3. The molecule has 3 aromatic rings. The number of benzene rings is 3. The molecule has 0 saturated heterocycles. The van der Waals surface area contributed by atoms with Gasteiger partial charge >= 0.3 is 51.4 Å². The van der Waals surface area contributed by atoms with Crippen molar-refractivity contribution in [2.75, 3.05) is 12.4 Å². The van der Waals surface area contributed by atoms with Crippen LogP contribution in [-0.4, -0.2) is 13.0 Å². The number of carbonyl (C=O) groups excluding carboxylic acids is 1. The summed E-state index contributed by atoms with van der Waals surface area (Å²) in [6, 6.07) is 15.9. The summed E-state index contributed by atoms with van der Waals surface area (Å²) in [6.07, 6.45) is 0. The van der Waals surface area contributed by atoms with Crippen molar-refractivity contribution in [3.63, 3.8) is 0 Å². The fourth-order valence-electron chi connectivity index (χ4n) is 2.46. The van der Waals surface area contributed by atoms with Gasteiger partial charge in [0.25, 0.3) is 5.91 Å². The molecular weight excluding hydrogens is 329 g/mol. The van der Waals surface area contributed by atoms with E-state index in [9.17, 15) is 9.90 Å². The van der Waals surface area contributed by atoms with Crippen molar-refractivity contribution in [1.29, 1.82) is 0 Å². The summed E-state index contributed by atoms with van der Waals surface area (Å²) in [4.78, 5) is 12.4. The molecule has 0 fully saturated rings. The summed E-state index contributed by atoms with van der Waals surface area (Å²) in [7, 11) is 1.58. The van der Waals surface area contributed by atoms with Gasteiger partial charge in [-0.2, -0.15) is 0 Å². The van der Waals surface area contributed by atoms with Crippen molar-refractivity contribution >= 4 is 22.4 Å². The van der Waals surface area contributed by atoms with Crippen molar-refractivity contribution in [1.82, 2.24) is 0 Å². The van der Waals surface area contributed by atoms with Gasteiger partial charge in [-0.3, -0.25) is 4.79 Å². The van der Waals surface area contributed by atoms with Gasteiger partial charge in [-0.25, -0.2) is 0 Å². The predicted octanol–water partition coefficient (Wildman–Crippen LogP) is 0.487. The van der Waals surface area contributed by atoms with E-state index in [4.69, 9.17) is 4.74 Å². The summed E-state index contributed by atoms with van der Waals surface area (Å²) in [5.41, 5.74) is 1.76. The number of aryl methyl sites for hydroxylation is 1. The number of para-hydroxylation sites is 1. The van der Waals surface area contributed by atoms with Gasteiger partial charge in [0, 0.05) is 11.3 Å². The van der Waals surface area contributed by atoms with Crippen LogP contribution in [0.2, 0.25) is 0 Å². The zero-order chi connectivity index (χ0) is 16.4. The van der Waals surface area contributed by atoms with E-state index in [1.165, 1.54) is 6.07 Å². The largest absolute Gasteiger partial charge is 1.00 e. The van der Waals surface area contributed by atoms with Crippen molar-refractivity contribution in [3.8, 4) is 11.5 Å². The van der Waals surface area contributed by atoms with Gasteiger partial charge in [-0.05, 0) is 47.5 Å². The summed E-state index contributed by atoms with van der Waals surface area (Å²) >= 11 is 0. The number of amides is 1. The minimum atomic E-state index is -0.408. The van der Waals surface area contributed by atoms with Crippen LogP contribution in [0.15, 0.2) is 54.6 Å². The second kappa shape index (κ2) is 8.14. The first-order chi connectivity index (χ1) is 11.1. The minimum Gasteiger partial charge on any atom is -0.872 e. The second-order valence-corrected chi connectivity index (χ2v) is 5.33. The number of anilines is 1. The van der Waals surface area contributed by atoms with Gasteiger partial charge < -0.3 is 15.2 Å². The molecule has 0 aliphatic carbocycles. The number of methoxy groups -OCH3 is 1. The first-order valence-electron chi connectivity index (χ1n) is 7.24. The Morgan fingerprint density at radius 2 is 1.79 bits per heavy atom. The zero-order valence-corrected chi connectivity index (χ0v) is 17.0. The summed E-state index contributed by atoms with van der Waals surface area (Å²) in [5, 5.41) is 16.6. The molecule has 0 radical (unpaired) electrons. The van der Waals surface area contributed by atoms with Crippen LogP contribution in [0.1, 0.15) is 15.9 Å². The quantitative estimate of drug-likeness (QED) is 0.703. The maximum atomic E-state index is 12.4. The number of fused-ring (bicyclic) bond motifs is 1. The standard InChI is InChI=1S/C19H17NO3.K/c1-12-5-3-4-6-17(12)20-19(22)16-10-14-9-15(23-2)8-7-13(14)11-18(16)21;/h3-11,21H,1-2H3,(H,20,22);/q;+1/p-1. The Hall–Kier alpha value is -1.37. The molecule has 5 heteroatoms. The van der Waals surface area contributed by atoms with E-state index in [1.807, 2.05) is 31.2 Å². The first-order valence-corrected chi connectivity index (χ1v) is 7.24. The molecule has 116 valence electrons. The maximum absolute atomic E-state index is 12.4. The predicted molar refractivity (Wildman–Crippen MR) is 89.1 cm³/mol. The van der Waals surface area contributed by atoms with Crippen LogP contribution in [0.5, 0.6) is 11.5 Å². The molecule has 0 spiro atoms. The Kier molecular flexibility index (Phi) is 6.43. The molecule has 1 N–H and O–H groups in total. The molecule has 0 bridgehead atoms. The number of ether oxygens (including phenoxy) is 1. The van der Waals surface area contributed by atoms with E-state index >= 15 is 0 Å².